The summed E-state index contributed by atoms with van der Waals surface area (Å²) in [7, 11) is 0. The molecule has 8 aromatic carbocycles. The highest BCUT2D eigenvalue weighted by Crippen LogP contribution is 2.51. The van der Waals surface area contributed by atoms with Crippen LogP contribution < -0.4 is 14.5 Å². The fourth-order valence-electron chi connectivity index (χ4n) is 9.68. The van der Waals surface area contributed by atoms with Crippen LogP contribution in [0.1, 0.15) is 37.5 Å². The first-order valence-electron chi connectivity index (χ1n) is 22.6. The molecule has 0 saturated carbocycles. The van der Waals surface area contributed by atoms with Crippen molar-refractivity contribution in [2.24, 2.45) is 0 Å². The highest BCUT2D eigenvalue weighted by atomic mass is 19.1. The SMILES string of the molecule is Cc1cc(C)cc(-c2cc(Oc3ccc4c5ccccc5n(-c5cc(C(C)(C)C)ccn5)c4c3)cc(N3CN(c4c(-c5ccccc5)cccc4-c4ccc(F)cc4)c4ccccc43)c2)c1. The molecule has 0 fully saturated rings. The van der Waals surface area contributed by atoms with E-state index in [1.165, 1.54) is 28.8 Å². The van der Waals surface area contributed by atoms with Crippen molar-refractivity contribution in [2.75, 3.05) is 16.5 Å². The molecule has 0 aliphatic carbocycles. The number of halogens is 1. The summed E-state index contributed by atoms with van der Waals surface area (Å²) in [4.78, 5) is 9.69. The van der Waals surface area contributed by atoms with Crippen LogP contribution in [-0.2, 0) is 5.41 Å². The van der Waals surface area contributed by atoms with Gasteiger partial charge >= 0.3 is 0 Å². The van der Waals surface area contributed by atoms with Crippen molar-refractivity contribution in [3.05, 3.63) is 217 Å². The molecule has 0 spiro atoms. The van der Waals surface area contributed by atoms with Crippen LogP contribution in [0.4, 0.5) is 27.1 Å². The fourth-order valence-corrected chi connectivity index (χ4v) is 9.68. The average Bonchev–Trinajstić information content (AvgIpc) is 3.87. The Bertz CT molecular complexity index is 3440. The van der Waals surface area contributed by atoms with Crippen LogP contribution in [-0.4, -0.2) is 16.2 Å². The second kappa shape index (κ2) is 16.2. The number of benzene rings is 8. The molecule has 322 valence electrons. The molecule has 0 amide bonds. The summed E-state index contributed by atoms with van der Waals surface area (Å²) in [5.41, 5.74) is 16.2. The van der Waals surface area contributed by atoms with Crippen LogP contribution in [0.25, 0.3) is 61.0 Å². The maximum Gasteiger partial charge on any atom is 0.137 e. The monoisotopic (exact) mass is 860 g/mol. The summed E-state index contributed by atoms with van der Waals surface area (Å²) in [6.07, 6.45) is 1.92. The van der Waals surface area contributed by atoms with Gasteiger partial charge in [0.05, 0.1) is 28.1 Å². The standard InChI is InChI=1S/C60H49FN4O/c1-39-30-40(2)32-43(31-39)44-33-47(36-49(34-44)66-48-26-27-53-52-16-9-10-19-54(52)65(57(53)37-48)58-35-45(28-29-62-58)60(3,4)5)63-38-64(56-21-12-11-20-55(56)63)59-50(41-14-7-6-8-15-41)17-13-18-51(59)42-22-24-46(61)25-23-42/h6-37H,38H2,1-5H3. The first-order chi connectivity index (χ1) is 32.1. The molecule has 0 unspecified atom stereocenters. The zero-order valence-corrected chi connectivity index (χ0v) is 37.8. The lowest BCUT2D eigenvalue weighted by Gasteiger charge is -2.27. The zero-order valence-electron chi connectivity index (χ0n) is 37.8. The van der Waals surface area contributed by atoms with Crippen LogP contribution in [0.2, 0.25) is 0 Å². The molecular weight excluding hydrogens is 812 g/mol. The first kappa shape index (κ1) is 40.8. The van der Waals surface area contributed by atoms with Crippen molar-refractivity contribution in [3.63, 3.8) is 0 Å². The molecule has 0 saturated heterocycles. The van der Waals surface area contributed by atoms with Gasteiger partial charge in [0.1, 0.15) is 29.8 Å². The van der Waals surface area contributed by atoms with Gasteiger partial charge in [-0.15, -0.1) is 0 Å². The van der Waals surface area contributed by atoms with Gasteiger partial charge < -0.3 is 14.5 Å². The van der Waals surface area contributed by atoms with Gasteiger partial charge in [0, 0.05) is 45.9 Å². The third kappa shape index (κ3) is 7.44. The van der Waals surface area contributed by atoms with Gasteiger partial charge in [-0.05, 0) is 114 Å². The number of aryl methyl sites for hydroxylation is 2. The molecule has 6 heteroatoms. The summed E-state index contributed by atoms with van der Waals surface area (Å²) >= 11 is 0. The lowest BCUT2D eigenvalue weighted by molar-refractivity contribution is 0.483. The third-order valence-corrected chi connectivity index (χ3v) is 12.8. The van der Waals surface area contributed by atoms with Gasteiger partial charge in [-0.3, -0.25) is 4.57 Å². The summed E-state index contributed by atoms with van der Waals surface area (Å²) in [5.74, 6) is 2.07. The molecule has 1 aliphatic rings. The number of hydrogen-bond donors (Lipinski definition) is 0. The number of fused-ring (bicyclic) bond motifs is 4. The number of rotatable bonds is 8. The van der Waals surface area contributed by atoms with E-state index in [9.17, 15) is 4.39 Å². The summed E-state index contributed by atoms with van der Waals surface area (Å²) in [5, 5.41) is 2.30. The Morgan fingerprint density at radius 2 is 1.17 bits per heavy atom. The maximum absolute atomic E-state index is 14.4. The molecule has 66 heavy (non-hydrogen) atoms. The van der Waals surface area contributed by atoms with E-state index in [4.69, 9.17) is 9.72 Å². The normalized spacial score (nSPS) is 12.6. The van der Waals surface area contributed by atoms with Crippen molar-refractivity contribution < 1.29 is 9.13 Å². The Morgan fingerprint density at radius 1 is 0.515 bits per heavy atom. The van der Waals surface area contributed by atoms with Crippen LogP contribution >= 0.6 is 0 Å². The van der Waals surface area contributed by atoms with Crippen LogP contribution in [0.5, 0.6) is 11.5 Å². The van der Waals surface area contributed by atoms with Crippen LogP contribution in [0.3, 0.4) is 0 Å². The van der Waals surface area contributed by atoms with E-state index in [1.807, 2.05) is 24.4 Å². The smallest absolute Gasteiger partial charge is 0.137 e. The van der Waals surface area contributed by atoms with Gasteiger partial charge in [-0.1, -0.05) is 141 Å². The van der Waals surface area contributed by atoms with E-state index in [1.54, 1.807) is 0 Å². The minimum absolute atomic E-state index is 0.0354. The third-order valence-electron chi connectivity index (χ3n) is 12.8. The molecule has 0 N–H and O–H groups in total. The predicted molar refractivity (Wildman–Crippen MR) is 272 cm³/mol. The van der Waals surface area contributed by atoms with Gasteiger partial charge in [0.2, 0.25) is 0 Å². The van der Waals surface area contributed by atoms with Crippen molar-refractivity contribution >= 4 is 44.6 Å². The first-order valence-corrected chi connectivity index (χ1v) is 22.6. The number of para-hydroxylation sites is 4. The van der Waals surface area contributed by atoms with Crippen molar-refractivity contribution in [1.82, 2.24) is 9.55 Å². The Labute approximate surface area is 385 Å². The molecule has 0 bridgehead atoms. The van der Waals surface area contributed by atoms with E-state index < -0.39 is 0 Å². The van der Waals surface area contributed by atoms with Gasteiger partial charge in [-0.25, -0.2) is 9.37 Å². The van der Waals surface area contributed by atoms with E-state index in [0.29, 0.717) is 6.67 Å². The number of nitrogens with zero attached hydrogens (tertiary/aromatic N) is 4. The van der Waals surface area contributed by atoms with Crippen molar-refractivity contribution in [3.8, 4) is 50.7 Å². The summed E-state index contributed by atoms with van der Waals surface area (Å²) in [6, 6.07) is 64.9. The second-order valence-electron chi connectivity index (χ2n) is 18.4. The topological polar surface area (TPSA) is 33.5 Å². The number of ether oxygens (including phenoxy) is 1. The van der Waals surface area contributed by atoms with Gasteiger partial charge in [0.25, 0.3) is 0 Å². The molecule has 1 aliphatic heterocycles. The lowest BCUT2D eigenvalue weighted by atomic mass is 9.88. The molecule has 0 radical (unpaired) electrons. The van der Waals surface area contributed by atoms with Gasteiger partial charge in [0.15, 0.2) is 0 Å². The molecule has 10 aromatic rings. The highest BCUT2D eigenvalue weighted by molar-refractivity contribution is 6.09. The van der Waals surface area contributed by atoms with Crippen LogP contribution in [0.15, 0.2) is 194 Å². The summed E-state index contributed by atoms with van der Waals surface area (Å²) in [6.45, 7) is 11.5. The average molecular weight is 861 g/mol. The summed E-state index contributed by atoms with van der Waals surface area (Å²) < 4.78 is 23.7. The van der Waals surface area contributed by atoms with Crippen molar-refractivity contribution in [2.45, 2.75) is 40.0 Å². The van der Waals surface area contributed by atoms with Crippen LogP contribution in [0, 0.1) is 19.7 Å². The number of aromatic nitrogens is 2. The molecular formula is C60H49FN4O. The Morgan fingerprint density at radius 3 is 1.91 bits per heavy atom. The predicted octanol–water partition coefficient (Wildman–Crippen LogP) is 16.3. The minimum Gasteiger partial charge on any atom is -0.457 e. The van der Waals surface area contributed by atoms with E-state index in [0.717, 1.165) is 95.3 Å². The molecule has 3 heterocycles. The molecule has 2 aromatic heterocycles. The fraction of sp³-hybridized carbons (Fsp3) is 0.117. The minimum atomic E-state index is -0.260. The Hall–Kier alpha value is -7.96. The Kier molecular flexibility index (Phi) is 10.0. The lowest BCUT2D eigenvalue weighted by Crippen LogP contribution is -2.25. The molecule has 0 atom stereocenters. The van der Waals surface area contributed by atoms with Crippen molar-refractivity contribution in [1.29, 1.82) is 0 Å². The molecule has 11 rings (SSSR count). The quantitative estimate of drug-likeness (QED) is 0.152. The highest BCUT2D eigenvalue weighted by Gasteiger charge is 2.32. The number of pyridine rings is 1. The molecule has 5 nitrogen and oxygen atoms in total. The zero-order chi connectivity index (χ0) is 45.1. The second-order valence-corrected chi connectivity index (χ2v) is 18.4. The van der Waals surface area contributed by atoms with E-state index >= 15 is 0 Å². The maximum atomic E-state index is 14.4. The van der Waals surface area contributed by atoms with E-state index in [-0.39, 0.29) is 11.2 Å². The number of anilines is 4. The van der Waals surface area contributed by atoms with Gasteiger partial charge in [-0.2, -0.15) is 0 Å². The Balaban J connectivity index is 1.06. The number of hydrogen-bond acceptors (Lipinski definition) is 4. The van der Waals surface area contributed by atoms with E-state index in [2.05, 4.69) is 207 Å². The largest absolute Gasteiger partial charge is 0.457 e.